The Morgan fingerprint density at radius 1 is 1.09 bits per heavy atom. The van der Waals surface area contributed by atoms with Gasteiger partial charge < -0.3 is 29.4 Å². The van der Waals surface area contributed by atoms with Crippen molar-refractivity contribution in [3.05, 3.63) is 39.4 Å². The second-order valence-electron chi connectivity index (χ2n) is 13.9. The second-order valence-corrected chi connectivity index (χ2v) is 13.9. The van der Waals surface area contributed by atoms with Gasteiger partial charge in [0.2, 0.25) is 12.7 Å². The molecule has 4 heterocycles. The molecular formula is C36H44N4O7. The molecule has 3 unspecified atom stereocenters. The number of phenolic OH excluding ortho intramolecular Hbond substituents is 1. The van der Waals surface area contributed by atoms with Gasteiger partial charge in [-0.15, -0.1) is 0 Å². The summed E-state index contributed by atoms with van der Waals surface area (Å²) in [5.74, 6) is 1.98. The average molecular weight is 645 g/mol. The van der Waals surface area contributed by atoms with Crippen molar-refractivity contribution in [3.8, 4) is 34.8 Å². The minimum absolute atomic E-state index is 0.00672. The van der Waals surface area contributed by atoms with Crippen LogP contribution in [-0.4, -0.2) is 72.4 Å². The van der Waals surface area contributed by atoms with Gasteiger partial charge in [0, 0.05) is 54.2 Å². The molecule has 250 valence electrons. The zero-order valence-corrected chi connectivity index (χ0v) is 27.9. The van der Waals surface area contributed by atoms with E-state index in [1.165, 1.54) is 13.3 Å². The maximum atomic E-state index is 13.5. The number of fused-ring (bicyclic) bond motifs is 9. The normalized spacial score (nSPS) is 26.4. The molecule has 0 spiro atoms. The first-order valence-electron chi connectivity index (χ1n) is 16.8. The van der Waals surface area contributed by atoms with Crippen LogP contribution in [-0.2, 0) is 22.4 Å². The van der Waals surface area contributed by atoms with E-state index >= 15 is 0 Å². The third-order valence-corrected chi connectivity index (χ3v) is 11.2. The molecule has 5 aliphatic rings. The zero-order chi connectivity index (χ0) is 33.1. The van der Waals surface area contributed by atoms with Gasteiger partial charge in [-0.05, 0) is 63.6 Å². The van der Waals surface area contributed by atoms with Gasteiger partial charge in [0.1, 0.15) is 11.8 Å². The molecule has 47 heavy (non-hydrogen) atoms. The van der Waals surface area contributed by atoms with E-state index in [-0.39, 0.29) is 43.1 Å². The third-order valence-electron chi connectivity index (χ3n) is 11.2. The summed E-state index contributed by atoms with van der Waals surface area (Å²) in [5.41, 5.74) is 4.87. The number of aryl methyl sites for hydroxylation is 1. The van der Waals surface area contributed by atoms with Crippen molar-refractivity contribution in [1.82, 2.24) is 15.1 Å². The standard InChI is InChI=1S/C36H44N4O7/c1-18-11-22-13-24-26(15-37)40-25(31(39(24)4)29(22)32(43)33(18)44-5)14-23-30(27(40)16-38-28(42)12-21-9-7-6-8-10-21)36-35(45-17-46-36)19(2)34(23)47-20(3)41/h11,21,24-27,31,43H,6-10,12-14,16-17H2,1-5H3,(H,38,42)/t24?,25?,26-,27-,31?/m0/s1. The maximum Gasteiger partial charge on any atom is 0.308 e. The van der Waals surface area contributed by atoms with Gasteiger partial charge in [0.15, 0.2) is 23.0 Å². The average Bonchev–Trinajstić information content (AvgIpc) is 3.53. The number of likely N-dealkylation sites (N-methyl/N-ethyl adjacent to an activating group) is 1. The number of nitrogens with one attached hydrogen (secondary N) is 1. The van der Waals surface area contributed by atoms with E-state index in [1.54, 1.807) is 7.11 Å². The summed E-state index contributed by atoms with van der Waals surface area (Å²) in [6.45, 7) is 5.41. The van der Waals surface area contributed by atoms with Crippen molar-refractivity contribution in [2.75, 3.05) is 27.5 Å². The molecule has 2 bridgehead atoms. The van der Waals surface area contributed by atoms with E-state index in [0.717, 1.165) is 53.5 Å². The van der Waals surface area contributed by atoms with Crippen LogP contribution in [0.3, 0.4) is 0 Å². The fraction of sp³-hybridized carbons (Fsp3) is 0.583. The van der Waals surface area contributed by atoms with E-state index in [4.69, 9.17) is 18.9 Å². The first kappa shape index (κ1) is 31.6. The number of phenols is 1. The lowest BCUT2D eigenvalue weighted by molar-refractivity contribution is -0.132. The summed E-state index contributed by atoms with van der Waals surface area (Å²) in [6.07, 6.45) is 7.13. The number of esters is 1. The van der Waals surface area contributed by atoms with E-state index in [1.807, 2.05) is 20.9 Å². The number of nitrogens with zero attached hydrogens (tertiary/aromatic N) is 3. The van der Waals surface area contributed by atoms with Crippen LogP contribution in [0.25, 0.3) is 0 Å². The number of aromatic hydroxyl groups is 1. The topological polar surface area (TPSA) is 134 Å². The molecule has 7 rings (SSSR count). The summed E-state index contributed by atoms with van der Waals surface area (Å²) in [5, 5.41) is 25.8. The number of benzene rings is 2. The lowest BCUT2D eigenvalue weighted by Crippen LogP contribution is -2.68. The number of hydrogen-bond acceptors (Lipinski definition) is 10. The number of carbonyl (C=O) groups excluding carboxylic acids is 2. The van der Waals surface area contributed by atoms with Gasteiger partial charge in [0.05, 0.1) is 25.3 Å². The van der Waals surface area contributed by atoms with Crippen LogP contribution in [0, 0.1) is 31.1 Å². The summed E-state index contributed by atoms with van der Waals surface area (Å²) in [7, 11) is 3.57. The van der Waals surface area contributed by atoms with Crippen molar-refractivity contribution < 1.29 is 33.6 Å². The Kier molecular flexibility index (Phi) is 8.21. The van der Waals surface area contributed by atoms with Gasteiger partial charge in [-0.2, -0.15) is 5.26 Å². The molecule has 2 aromatic rings. The summed E-state index contributed by atoms with van der Waals surface area (Å²) >= 11 is 0. The number of rotatable bonds is 6. The zero-order valence-electron chi connectivity index (χ0n) is 27.9. The Balaban J connectivity index is 1.38. The lowest BCUT2D eigenvalue weighted by atomic mass is 9.71. The Morgan fingerprint density at radius 3 is 2.53 bits per heavy atom. The highest BCUT2D eigenvalue weighted by Crippen LogP contribution is 2.58. The SMILES string of the molecule is COc1c(C)cc2c(c1O)C1C3Cc4c(OC(C)=O)c(C)c5c(c4[C@H](CNC(=O)CC4CCCCC4)N3[C@@H](C#N)C(C2)N1C)OCO5. The van der Waals surface area contributed by atoms with Gasteiger partial charge >= 0.3 is 5.97 Å². The number of ether oxygens (including phenoxy) is 4. The van der Waals surface area contributed by atoms with Gasteiger partial charge in [-0.1, -0.05) is 25.3 Å². The smallest absolute Gasteiger partial charge is 0.308 e. The minimum Gasteiger partial charge on any atom is -0.504 e. The molecule has 4 aliphatic heterocycles. The first-order valence-corrected chi connectivity index (χ1v) is 16.8. The van der Waals surface area contributed by atoms with Crippen molar-refractivity contribution in [3.63, 3.8) is 0 Å². The van der Waals surface area contributed by atoms with Gasteiger partial charge in [0.25, 0.3) is 0 Å². The highest BCUT2D eigenvalue weighted by molar-refractivity contribution is 5.77. The number of carbonyl (C=O) groups is 2. The molecule has 1 saturated heterocycles. The van der Waals surface area contributed by atoms with Crippen molar-refractivity contribution >= 4 is 11.9 Å². The molecule has 2 fully saturated rings. The fourth-order valence-corrected chi connectivity index (χ4v) is 9.25. The Labute approximate surface area is 275 Å². The van der Waals surface area contributed by atoms with E-state index in [0.29, 0.717) is 53.7 Å². The van der Waals surface area contributed by atoms with Gasteiger partial charge in [-0.3, -0.25) is 19.4 Å². The van der Waals surface area contributed by atoms with Gasteiger partial charge in [-0.25, -0.2) is 0 Å². The van der Waals surface area contributed by atoms with Crippen LogP contribution in [0.4, 0.5) is 0 Å². The van der Waals surface area contributed by atoms with Crippen molar-refractivity contribution in [2.45, 2.75) is 102 Å². The predicted octanol–water partition coefficient (Wildman–Crippen LogP) is 4.53. The Morgan fingerprint density at radius 2 is 1.83 bits per heavy atom. The van der Waals surface area contributed by atoms with Crippen LogP contribution < -0.4 is 24.3 Å². The molecule has 11 heteroatoms. The van der Waals surface area contributed by atoms with Crippen LogP contribution in [0.5, 0.6) is 28.7 Å². The summed E-state index contributed by atoms with van der Waals surface area (Å²) in [6, 6.07) is 2.88. The molecular weight excluding hydrogens is 600 g/mol. The molecule has 11 nitrogen and oxygen atoms in total. The minimum atomic E-state index is -0.538. The van der Waals surface area contributed by atoms with Crippen molar-refractivity contribution in [1.29, 1.82) is 5.26 Å². The van der Waals surface area contributed by atoms with Crippen LogP contribution in [0.2, 0.25) is 0 Å². The van der Waals surface area contributed by atoms with E-state index in [9.17, 15) is 20.0 Å². The number of nitriles is 1. The number of methoxy groups -OCH3 is 1. The van der Waals surface area contributed by atoms with E-state index < -0.39 is 18.1 Å². The molecule has 1 amide bonds. The lowest BCUT2D eigenvalue weighted by Gasteiger charge is -2.60. The highest BCUT2D eigenvalue weighted by atomic mass is 16.7. The Bertz CT molecular complexity index is 1660. The quantitative estimate of drug-likeness (QED) is 0.341. The molecule has 5 atom stereocenters. The fourth-order valence-electron chi connectivity index (χ4n) is 9.25. The number of piperazine rings is 1. The van der Waals surface area contributed by atoms with Crippen LogP contribution >= 0.6 is 0 Å². The summed E-state index contributed by atoms with van der Waals surface area (Å²) in [4.78, 5) is 30.4. The molecule has 2 aromatic carbocycles. The molecule has 0 radical (unpaired) electrons. The number of amides is 1. The predicted molar refractivity (Wildman–Crippen MR) is 172 cm³/mol. The monoisotopic (exact) mass is 644 g/mol. The molecule has 0 aromatic heterocycles. The number of hydrogen-bond donors (Lipinski definition) is 2. The van der Waals surface area contributed by atoms with Crippen molar-refractivity contribution in [2.24, 2.45) is 5.92 Å². The summed E-state index contributed by atoms with van der Waals surface area (Å²) < 4.78 is 23.6. The largest absolute Gasteiger partial charge is 0.504 e. The highest BCUT2D eigenvalue weighted by Gasteiger charge is 2.56. The molecule has 1 saturated carbocycles. The van der Waals surface area contributed by atoms with E-state index in [2.05, 4.69) is 27.3 Å². The third kappa shape index (κ3) is 5.08. The molecule has 2 N–H and O–H groups in total. The first-order chi connectivity index (χ1) is 22.6. The van der Waals surface area contributed by atoms with Crippen LogP contribution in [0.1, 0.15) is 90.9 Å². The molecule has 1 aliphatic carbocycles. The Hall–Kier alpha value is -4.01. The van der Waals surface area contributed by atoms with Crippen LogP contribution in [0.15, 0.2) is 6.07 Å². The maximum absolute atomic E-state index is 13.5. The second kappa shape index (κ2) is 12.2.